The normalized spacial score (nSPS) is 28.4. The minimum atomic E-state index is -1.26. The largest absolute Gasteiger partial charge is 0.336 e. The Balaban J connectivity index is 1.83. The lowest BCUT2D eigenvalue weighted by molar-refractivity contribution is -0.143. The van der Waals surface area contributed by atoms with Gasteiger partial charge in [0.2, 0.25) is 5.91 Å². The second-order valence-corrected chi connectivity index (χ2v) is 7.52. The minimum absolute atomic E-state index is 0.0926. The molecule has 4 amide bonds. The molecule has 146 valence electrons. The van der Waals surface area contributed by atoms with Gasteiger partial charge in [0.25, 0.3) is 5.91 Å². The van der Waals surface area contributed by atoms with Gasteiger partial charge in [-0.05, 0) is 57.2 Å². The van der Waals surface area contributed by atoms with Crippen molar-refractivity contribution >= 4 is 17.8 Å². The van der Waals surface area contributed by atoms with Crippen LogP contribution in [0, 0.1) is 5.82 Å². The molecule has 2 aliphatic heterocycles. The van der Waals surface area contributed by atoms with E-state index in [2.05, 4.69) is 5.32 Å². The molecule has 1 N–H and O–H groups in total. The summed E-state index contributed by atoms with van der Waals surface area (Å²) in [5, 5.41) is 2.73. The fourth-order valence-electron chi connectivity index (χ4n) is 4.27. The van der Waals surface area contributed by atoms with Gasteiger partial charge in [-0.15, -0.1) is 0 Å². The summed E-state index contributed by atoms with van der Waals surface area (Å²) in [5.41, 5.74) is -0.746. The molecule has 0 radical (unpaired) electrons. The first-order chi connectivity index (χ1) is 12.8. The number of nitrogens with zero attached hydrogens (tertiary/aromatic N) is 2. The summed E-state index contributed by atoms with van der Waals surface area (Å²) in [5.74, 6) is -1.10. The van der Waals surface area contributed by atoms with E-state index in [1.54, 1.807) is 11.8 Å². The van der Waals surface area contributed by atoms with Gasteiger partial charge in [-0.3, -0.25) is 14.5 Å². The lowest BCUT2D eigenvalue weighted by Gasteiger charge is -2.39. The van der Waals surface area contributed by atoms with Crippen LogP contribution in [0.15, 0.2) is 24.3 Å². The number of piperidine rings is 1. The second kappa shape index (κ2) is 7.29. The molecule has 3 rings (SSSR count). The van der Waals surface area contributed by atoms with Crippen LogP contribution in [0.4, 0.5) is 9.18 Å². The Morgan fingerprint density at radius 2 is 1.78 bits per heavy atom. The summed E-state index contributed by atoms with van der Waals surface area (Å²) >= 11 is 0. The van der Waals surface area contributed by atoms with E-state index in [4.69, 9.17) is 0 Å². The predicted octanol–water partition coefficient (Wildman–Crippen LogP) is 2.77. The summed E-state index contributed by atoms with van der Waals surface area (Å²) in [6.45, 7) is 5.49. The maximum absolute atomic E-state index is 13.3. The maximum Gasteiger partial charge on any atom is 0.325 e. The number of nitrogens with one attached hydrogen (secondary N) is 1. The van der Waals surface area contributed by atoms with E-state index in [0.717, 1.165) is 24.2 Å². The number of carbonyl (C=O) groups excluding carboxylic acids is 3. The molecule has 2 saturated heterocycles. The SMILES string of the molecule is CC[C@@]1(c2ccc(F)cc2)NC(=O)N(CC(=O)N2[C@@H](C)CCC[C@@H]2C)C1=O. The van der Waals surface area contributed by atoms with Crippen molar-refractivity contribution in [1.29, 1.82) is 0 Å². The monoisotopic (exact) mass is 375 g/mol. The zero-order valence-corrected chi connectivity index (χ0v) is 16.0. The molecule has 2 fully saturated rings. The Kier molecular flexibility index (Phi) is 5.22. The van der Waals surface area contributed by atoms with Crippen molar-refractivity contribution < 1.29 is 18.8 Å². The van der Waals surface area contributed by atoms with Crippen LogP contribution in [0.3, 0.4) is 0 Å². The van der Waals surface area contributed by atoms with E-state index >= 15 is 0 Å². The zero-order valence-electron chi connectivity index (χ0n) is 16.0. The van der Waals surface area contributed by atoms with Crippen LogP contribution in [-0.4, -0.2) is 46.3 Å². The molecule has 27 heavy (non-hydrogen) atoms. The number of imide groups is 1. The topological polar surface area (TPSA) is 69.7 Å². The highest BCUT2D eigenvalue weighted by Crippen LogP contribution is 2.33. The number of hydrogen-bond donors (Lipinski definition) is 1. The van der Waals surface area contributed by atoms with Gasteiger partial charge in [-0.2, -0.15) is 0 Å². The van der Waals surface area contributed by atoms with Crippen molar-refractivity contribution in [3.05, 3.63) is 35.6 Å². The molecular formula is C20H26FN3O3. The summed E-state index contributed by atoms with van der Waals surface area (Å²) < 4.78 is 13.3. The van der Waals surface area contributed by atoms with Gasteiger partial charge in [0.15, 0.2) is 0 Å². The van der Waals surface area contributed by atoms with Crippen LogP contribution in [0.1, 0.15) is 52.0 Å². The Labute approximate surface area is 158 Å². The first-order valence-corrected chi connectivity index (χ1v) is 9.51. The van der Waals surface area contributed by atoms with Crippen molar-refractivity contribution in [2.45, 2.75) is 64.1 Å². The highest BCUT2D eigenvalue weighted by molar-refractivity contribution is 6.09. The molecule has 0 aliphatic carbocycles. The van der Waals surface area contributed by atoms with Gasteiger partial charge in [0.1, 0.15) is 17.9 Å². The van der Waals surface area contributed by atoms with Crippen LogP contribution < -0.4 is 5.32 Å². The summed E-state index contributed by atoms with van der Waals surface area (Å²) in [6, 6.07) is 5.12. The van der Waals surface area contributed by atoms with E-state index in [1.165, 1.54) is 24.3 Å². The number of carbonyl (C=O) groups is 3. The Morgan fingerprint density at radius 1 is 1.19 bits per heavy atom. The van der Waals surface area contributed by atoms with Crippen LogP contribution >= 0.6 is 0 Å². The van der Waals surface area contributed by atoms with Crippen molar-refractivity contribution in [2.24, 2.45) is 0 Å². The summed E-state index contributed by atoms with van der Waals surface area (Å²) in [6.07, 6.45) is 3.22. The van der Waals surface area contributed by atoms with E-state index in [-0.39, 0.29) is 24.5 Å². The third kappa shape index (κ3) is 3.31. The smallest absolute Gasteiger partial charge is 0.325 e. The average molecular weight is 375 g/mol. The number of urea groups is 1. The van der Waals surface area contributed by atoms with Gasteiger partial charge in [-0.1, -0.05) is 19.1 Å². The number of rotatable bonds is 4. The standard InChI is InChI=1S/C20H26FN3O3/c1-4-20(15-8-10-16(21)11-9-15)18(26)23(19(27)22-20)12-17(25)24-13(2)6-5-7-14(24)3/h8-11,13-14H,4-7,12H2,1-3H3,(H,22,27)/t13-,14-,20-/m0/s1. The van der Waals surface area contributed by atoms with Crippen LogP contribution in [0.2, 0.25) is 0 Å². The molecule has 3 atom stereocenters. The Morgan fingerprint density at radius 3 is 2.33 bits per heavy atom. The number of benzene rings is 1. The highest BCUT2D eigenvalue weighted by atomic mass is 19.1. The van der Waals surface area contributed by atoms with E-state index in [0.29, 0.717) is 12.0 Å². The number of amides is 4. The molecule has 1 aromatic rings. The van der Waals surface area contributed by atoms with Crippen LogP contribution in [0.25, 0.3) is 0 Å². The van der Waals surface area contributed by atoms with Gasteiger partial charge < -0.3 is 10.2 Å². The fraction of sp³-hybridized carbons (Fsp3) is 0.550. The fourth-order valence-corrected chi connectivity index (χ4v) is 4.27. The molecular weight excluding hydrogens is 349 g/mol. The molecule has 7 heteroatoms. The number of hydrogen-bond acceptors (Lipinski definition) is 3. The van der Waals surface area contributed by atoms with Crippen LogP contribution in [-0.2, 0) is 15.1 Å². The summed E-state index contributed by atoms with van der Waals surface area (Å²) in [4.78, 5) is 41.3. The van der Waals surface area contributed by atoms with Gasteiger partial charge >= 0.3 is 6.03 Å². The lowest BCUT2D eigenvalue weighted by Crippen LogP contribution is -2.52. The highest BCUT2D eigenvalue weighted by Gasteiger charge is 2.52. The minimum Gasteiger partial charge on any atom is -0.336 e. The first-order valence-electron chi connectivity index (χ1n) is 9.51. The van der Waals surface area contributed by atoms with Gasteiger partial charge in [0, 0.05) is 12.1 Å². The van der Waals surface area contributed by atoms with E-state index < -0.39 is 23.3 Å². The van der Waals surface area contributed by atoms with E-state index in [9.17, 15) is 18.8 Å². The lowest BCUT2D eigenvalue weighted by atomic mass is 9.87. The Bertz CT molecular complexity index is 741. The molecule has 0 spiro atoms. The quantitative estimate of drug-likeness (QED) is 0.823. The van der Waals surface area contributed by atoms with Crippen molar-refractivity contribution in [1.82, 2.24) is 15.1 Å². The molecule has 0 saturated carbocycles. The number of halogens is 1. The maximum atomic E-state index is 13.3. The third-order valence-corrected chi connectivity index (χ3v) is 5.82. The number of likely N-dealkylation sites (tertiary alicyclic amines) is 1. The molecule has 0 bridgehead atoms. The molecule has 1 aromatic carbocycles. The molecule has 0 aromatic heterocycles. The molecule has 6 nitrogen and oxygen atoms in total. The molecule has 2 aliphatic rings. The zero-order chi connectivity index (χ0) is 19.8. The molecule has 2 heterocycles. The van der Waals surface area contributed by atoms with Crippen molar-refractivity contribution in [3.63, 3.8) is 0 Å². The van der Waals surface area contributed by atoms with Crippen LogP contribution in [0.5, 0.6) is 0 Å². The first kappa shape index (κ1) is 19.3. The molecule has 0 unspecified atom stereocenters. The third-order valence-electron chi connectivity index (χ3n) is 5.82. The van der Waals surface area contributed by atoms with Gasteiger partial charge in [0.05, 0.1) is 0 Å². The average Bonchev–Trinajstić information content (AvgIpc) is 2.87. The Hall–Kier alpha value is -2.44. The van der Waals surface area contributed by atoms with Crippen molar-refractivity contribution in [2.75, 3.05) is 6.54 Å². The second-order valence-electron chi connectivity index (χ2n) is 7.52. The van der Waals surface area contributed by atoms with E-state index in [1.807, 2.05) is 13.8 Å². The van der Waals surface area contributed by atoms with Crippen molar-refractivity contribution in [3.8, 4) is 0 Å². The predicted molar refractivity (Wildman–Crippen MR) is 98.2 cm³/mol. The summed E-state index contributed by atoms with van der Waals surface area (Å²) in [7, 11) is 0. The van der Waals surface area contributed by atoms with Gasteiger partial charge in [-0.25, -0.2) is 9.18 Å².